The molecule has 2 atom stereocenters. The third kappa shape index (κ3) is 4.13. The highest BCUT2D eigenvalue weighted by atomic mass is 16.5. The molecule has 2 heteroatoms. The van der Waals surface area contributed by atoms with Crippen molar-refractivity contribution in [3.63, 3.8) is 0 Å². The van der Waals surface area contributed by atoms with Crippen molar-refractivity contribution in [2.45, 2.75) is 38.6 Å². The predicted molar refractivity (Wildman–Crippen MR) is 59.1 cm³/mol. The Labute approximate surface area is 87.4 Å². The van der Waals surface area contributed by atoms with Gasteiger partial charge in [0.2, 0.25) is 0 Å². The van der Waals surface area contributed by atoms with Gasteiger partial charge < -0.3 is 10.1 Å². The molecular formula is C12H21NO. The van der Waals surface area contributed by atoms with Crippen molar-refractivity contribution in [3.05, 3.63) is 0 Å². The lowest BCUT2D eigenvalue weighted by molar-refractivity contribution is 0.181. The zero-order chi connectivity index (χ0) is 10.2. The summed E-state index contributed by atoms with van der Waals surface area (Å²) in [6.45, 7) is 5.06. The molecule has 80 valence electrons. The van der Waals surface area contributed by atoms with Crippen LogP contribution < -0.4 is 5.32 Å². The summed E-state index contributed by atoms with van der Waals surface area (Å²) in [5.74, 6) is 3.46. The van der Waals surface area contributed by atoms with E-state index in [0.29, 0.717) is 6.04 Å². The van der Waals surface area contributed by atoms with E-state index in [-0.39, 0.29) is 0 Å². The van der Waals surface area contributed by atoms with Gasteiger partial charge in [0, 0.05) is 25.7 Å². The van der Waals surface area contributed by atoms with Crippen LogP contribution in [-0.4, -0.2) is 25.8 Å². The highest BCUT2D eigenvalue weighted by Crippen LogP contribution is 2.19. The molecule has 2 unspecified atom stereocenters. The van der Waals surface area contributed by atoms with Crippen LogP contribution >= 0.6 is 0 Å². The van der Waals surface area contributed by atoms with Crippen LogP contribution in [0.5, 0.6) is 0 Å². The molecular weight excluding hydrogens is 174 g/mol. The van der Waals surface area contributed by atoms with E-state index in [1.54, 1.807) is 0 Å². The molecule has 0 bridgehead atoms. The zero-order valence-electron chi connectivity index (χ0n) is 9.09. The maximum Gasteiger partial charge on any atom is 0.0495 e. The number of nitrogens with one attached hydrogen (secondary N) is 1. The monoisotopic (exact) mass is 195 g/mol. The number of rotatable bonds is 6. The van der Waals surface area contributed by atoms with Gasteiger partial charge >= 0.3 is 0 Å². The molecule has 0 aromatic heterocycles. The average Bonchev–Trinajstić information content (AvgIpc) is 2.67. The average molecular weight is 195 g/mol. The summed E-state index contributed by atoms with van der Waals surface area (Å²) < 4.78 is 5.37. The summed E-state index contributed by atoms with van der Waals surface area (Å²) >= 11 is 0. The molecule has 14 heavy (non-hydrogen) atoms. The van der Waals surface area contributed by atoms with Gasteiger partial charge in [-0.2, -0.15) is 0 Å². The van der Waals surface area contributed by atoms with E-state index in [1.807, 2.05) is 0 Å². The van der Waals surface area contributed by atoms with Crippen LogP contribution in [0.2, 0.25) is 0 Å². The molecule has 0 aliphatic carbocycles. The van der Waals surface area contributed by atoms with E-state index in [2.05, 4.69) is 18.2 Å². The van der Waals surface area contributed by atoms with Gasteiger partial charge in [-0.25, -0.2) is 0 Å². The Hall–Kier alpha value is -0.520. The Kier molecular flexibility index (Phi) is 5.66. The number of hydrogen-bond donors (Lipinski definition) is 1. The second-order valence-electron chi connectivity index (χ2n) is 3.96. The van der Waals surface area contributed by atoms with Crippen molar-refractivity contribution in [2.75, 3.05) is 19.8 Å². The molecule has 1 rings (SSSR count). The van der Waals surface area contributed by atoms with Gasteiger partial charge in [-0.1, -0.05) is 6.92 Å². The molecule has 2 nitrogen and oxygen atoms in total. The first-order valence-electron chi connectivity index (χ1n) is 5.61. The van der Waals surface area contributed by atoms with Crippen LogP contribution in [-0.2, 0) is 4.74 Å². The molecule has 1 N–H and O–H groups in total. The van der Waals surface area contributed by atoms with Crippen molar-refractivity contribution in [2.24, 2.45) is 5.92 Å². The van der Waals surface area contributed by atoms with E-state index in [9.17, 15) is 0 Å². The summed E-state index contributed by atoms with van der Waals surface area (Å²) in [4.78, 5) is 0. The molecule has 0 saturated carbocycles. The van der Waals surface area contributed by atoms with Gasteiger partial charge in [-0.05, 0) is 31.7 Å². The fourth-order valence-electron chi connectivity index (χ4n) is 2.02. The molecule has 0 radical (unpaired) electrons. The fraction of sp³-hybridized carbons (Fsp3) is 0.833. The van der Waals surface area contributed by atoms with Gasteiger partial charge in [-0.3, -0.25) is 0 Å². The van der Waals surface area contributed by atoms with Gasteiger partial charge in [0.25, 0.3) is 0 Å². The SMILES string of the molecule is C#CCCC(CC1CCOC1)NCC. The van der Waals surface area contributed by atoms with Crippen molar-refractivity contribution in [1.82, 2.24) is 5.32 Å². The highest BCUT2D eigenvalue weighted by Gasteiger charge is 2.19. The molecule has 1 saturated heterocycles. The highest BCUT2D eigenvalue weighted by molar-refractivity contribution is 4.86. The van der Waals surface area contributed by atoms with Crippen LogP contribution in [0.4, 0.5) is 0 Å². The minimum absolute atomic E-state index is 0.586. The Bertz CT molecular complexity index is 179. The van der Waals surface area contributed by atoms with E-state index < -0.39 is 0 Å². The van der Waals surface area contributed by atoms with Gasteiger partial charge in [-0.15, -0.1) is 12.3 Å². The second-order valence-corrected chi connectivity index (χ2v) is 3.96. The Morgan fingerprint density at radius 2 is 2.50 bits per heavy atom. The maximum atomic E-state index is 5.37. The molecule has 1 heterocycles. The summed E-state index contributed by atoms with van der Waals surface area (Å²) in [6.07, 6.45) is 9.69. The molecule has 1 aliphatic rings. The second kappa shape index (κ2) is 6.86. The van der Waals surface area contributed by atoms with Gasteiger partial charge in [0.05, 0.1) is 0 Å². The predicted octanol–water partition coefficient (Wildman–Crippen LogP) is 1.80. The third-order valence-electron chi connectivity index (χ3n) is 2.77. The number of hydrogen-bond acceptors (Lipinski definition) is 2. The molecule has 0 aromatic carbocycles. The van der Waals surface area contributed by atoms with E-state index in [4.69, 9.17) is 11.2 Å². The fourth-order valence-corrected chi connectivity index (χ4v) is 2.02. The Balaban J connectivity index is 2.22. The van der Waals surface area contributed by atoms with Crippen molar-refractivity contribution < 1.29 is 4.74 Å². The summed E-state index contributed by atoms with van der Waals surface area (Å²) in [5, 5.41) is 3.49. The maximum absolute atomic E-state index is 5.37. The lowest BCUT2D eigenvalue weighted by atomic mass is 9.96. The lowest BCUT2D eigenvalue weighted by Crippen LogP contribution is -2.31. The van der Waals surface area contributed by atoms with Gasteiger partial charge in [0.1, 0.15) is 0 Å². The lowest BCUT2D eigenvalue weighted by Gasteiger charge is -2.19. The smallest absolute Gasteiger partial charge is 0.0495 e. The van der Waals surface area contributed by atoms with Crippen molar-refractivity contribution >= 4 is 0 Å². The molecule has 0 spiro atoms. The van der Waals surface area contributed by atoms with Crippen LogP contribution in [0.15, 0.2) is 0 Å². The topological polar surface area (TPSA) is 21.3 Å². The Morgan fingerprint density at radius 3 is 3.07 bits per heavy atom. The van der Waals surface area contributed by atoms with Crippen LogP contribution in [0.25, 0.3) is 0 Å². The van der Waals surface area contributed by atoms with Crippen LogP contribution in [0.1, 0.15) is 32.6 Å². The minimum atomic E-state index is 0.586. The number of ether oxygens (including phenoxy) is 1. The van der Waals surface area contributed by atoms with E-state index in [0.717, 1.165) is 38.5 Å². The standard InChI is InChI=1S/C12H21NO/c1-3-5-6-12(13-4-2)9-11-7-8-14-10-11/h1,11-13H,4-10H2,2H3. The zero-order valence-corrected chi connectivity index (χ0v) is 9.09. The quantitative estimate of drug-likeness (QED) is 0.653. The van der Waals surface area contributed by atoms with E-state index >= 15 is 0 Å². The third-order valence-corrected chi connectivity index (χ3v) is 2.77. The first kappa shape index (κ1) is 11.6. The summed E-state index contributed by atoms with van der Waals surface area (Å²) in [5.41, 5.74) is 0. The van der Waals surface area contributed by atoms with Gasteiger partial charge in [0.15, 0.2) is 0 Å². The molecule has 0 amide bonds. The normalized spacial score (nSPS) is 23.3. The first-order valence-corrected chi connectivity index (χ1v) is 5.61. The largest absolute Gasteiger partial charge is 0.381 e. The minimum Gasteiger partial charge on any atom is -0.381 e. The molecule has 1 aliphatic heterocycles. The summed E-state index contributed by atoms with van der Waals surface area (Å²) in [7, 11) is 0. The summed E-state index contributed by atoms with van der Waals surface area (Å²) in [6, 6.07) is 0.586. The number of terminal acetylenes is 1. The first-order chi connectivity index (χ1) is 6.86. The van der Waals surface area contributed by atoms with Crippen molar-refractivity contribution in [1.29, 1.82) is 0 Å². The van der Waals surface area contributed by atoms with Crippen LogP contribution in [0, 0.1) is 18.3 Å². The van der Waals surface area contributed by atoms with E-state index in [1.165, 1.54) is 12.8 Å². The molecule has 0 aromatic rings. The van der Waals surface area contributed by atoms with Crippen molar-refractivity contribution in [3.8, 4) is 12.3 Å². The van der Waals surface area contributed by atoms with Crippen LogP contribution in [0.3, 0.4) is 0 Å². The molecule has 1 fully saturated rings. The Morgan fingerprint density at radius 1 is 1.64 bits per heavy atom.